The summed E-state index contributed by atoms with van der Waals surface area (Å²) in [7, 11) is 0. The summed E-state index contributed by atoms with van der Waals surface area (Å²) in [6.45, 7) is 5.65. The second-order valence-electron chi connectivity index (χ2n) is 3.66. The zero-order valence-corrected chi connectivity index (χ0v) is 12.5. The van der Waals surface area contributed by atoms with E-state index in [2.05, 4.69) is 14.7 Å². The molecule has 0 saturated heterocycles. The van der Waals surface area contributed by atoms with Crippen molar-refractivity contribution in [3.8, 4) is 11.3 Å². The first-order valence-corrected chi connectivity index (χ1v) is 6.93. The summed E-state index contributed by atoms with van der Waals surface area (Å²) in [6, 6.07) is 5.45. The monoisotopic (exact) mass is 292 g/mol. The van der Waals surface area contributed by atoms with Gasteiger partial charge in [0.05, 0.1) is 17.6 Å². The number of nitrogens with one attached hydrogen (secondary N) is 2. The molecule has 2 rings (SSSR count). The second-order valence-corrected chi connectivity index (χ2v) is 4.02. The Balaban J connectivity index is 0.000000956. The lowest BCUT2D eigenvalue weighted by atomic mass is 10.1. The van der Waals surface area contributed by atoms with Crippen LogP contribution in [0.3, 0.4) is 0 Å². The fraction of sp³-hybridized carbons (Fsp3) is 0.214. The molecule has 2 aromatic heterocycles. The van der Waals surface area contributed by atoms with E-state index in [1.165, 1.54) is 6.20 Å². The number of anilines is 1. The fourth-order valence-electron chi connectivity index (χ4n) is 1.56. The minimum Gasteiger partial charge on any atom is -0.305 e. The molecule has 0 saturated carbocycles. The molecule has 0 bridgehead atoms. The van der Waals surface area contributed by atoms with Gasteiger partial charge in [-0.3, -0.25) is 9.97 Å². The van der Waals surface area contributed by atoms with E-state index in [1.54, 1.807) is 25.4 Å². The number of pyridine rings is 2. The maximum absolute atomic E-state index is 12.2. The van der Waals surface area contributed by atoms with Gasteiger partial charge < -0.3 is 10.1 Å². The van der Waals surface area contributed by atoms with Gasteiger partial charge in [-0.25, -0.2) is 0 Å². The molecule has 0 unspecified atom stereocenters. The van der Waals surface area contributed by atoms with Crippen molar-refractivity contribution in [2.75, 3.05) is 4.72 Å². The molecule has 2 N–H and O–H groups in total. The molecule has 0 amide bonds. The van der Waals surface area contributed by atoms with E-state index in [9.17, 15) is 3.89 Å². The Morgan fingerprint density at radius 1 is 1.35 bits per heavy atom. The quantitative estimate of drug-likeness (QED) is 0.643. The summed E-state index contributed by atoms with van der Waals surface area (Å²) in [4.78, 5) is 8.25. The van der Waals surface area contributed by atoms with Crippen LogP contribution in [0.25, 0.3) is 11.3 Å². The van der Waals surface area contributed by atoms with E-state index >= 15 is 0 Å². The van der Waals surface area contributed by atoms with Crippen molar-refractivity contribution >= 4 is 23.7 Å². The molecular weight excluding hydrogens is 275 g/mol. The van der Waals surface area contributed by atoms with Crippen LogP contribution >= 0.6 is 12.3 Å². The maximum Gasteiger partial charge on any atom is 0.162 e. The van der Waals surface area contributed by atoms with Gasteiger partial charge in [0.15, 0.2) is 12.3 Å². The first-order chi connectivity index (χ1) is 9.72. The van der Waals surface area contributed by atoms with Gasteiger partial charge in [-0.1, -0.05) is 13.8 Å². The molecule has 6 heteroatoms. The molecule has 20 heavy (non-hydrogen) atoms. The summed E-state index contributed by atoms with van der Waals surface area (Å²) in [6.07, 6.45) is 4.90. The molecule has 0 aliphatic heterocycles. The van der Waals surface area contributed by atoms with Crippen molar-refractivity contribution in [1.82, 2.24) is 9.97 Å². The number of halogens is 1. The Labute approximate surface area is 122 Å². The summed E-state index contributed by atoms with van der Waals surface area (Å²) < 4.78 is 14.7. The van der Waals surface area contributed by atoms with Gasteiger partial charge in [-0.2, -0.15) is 0 Å². The highest BCUT2D eigenvalue weighted by Gasteiger charge is 2.08. The van der Waals surface area contributed by atoms with Crippen LogP contribution in [0, 0.1) is 5.41 Å². The van der Waals surface area contributed by atoms with E-state index in [1.807, 2.05) is 26.0 Å². The van der Waals surface area contributed by atoms with E-state index in [0.29, 0.717) is 22.7 Å². The van der Waals surface area contributed by atoms with Crippen molar-refractivity contribution in [2.24, 2.45) is 0 Å². The smallest absolute Gasteiger partial charge is 0.162 e. The minimum atomic E-state index is -0.0110. The summed E-state index contributed by atoms with van der Waals surface area (Å²) in [5, 5.41) is 7.70. The average Bonchev–Trinajstić information content (AvgIpc) is 2.50. The zero-order chi connectivity index (χ0) is 15.0. The topological polar surface area (TPSA) is 61.7 Å². The van der Waals surface area contributed by atoms with Crippen LogP contribution < -0.4 is 4.72 Å². The number of hydrogen-bond donors (Lipinski definition) is 2. The van der Waals surface area contributed by atoms with Gasteiger partial charge in [0.1, 0.15) is 0 Å². The van der Waals surface area contributed by atoms with Gasteiger partial charge in [-0.15, -0.1) is 3.89 Å². The molecule has 0 aliphatic rings. The third kappa shape index (κ3) is 4.03. The van der Waals surface area contributed by atoms with Gasteiger partial charge in [0, 0.05) is 29.2 Å². The lowest BCUT2D eigenvalue weighted by Gasteiger charge is -2.09. The number of nitrogens with zero attached hydrogens (tertiary/aromatic N) is 2. The molecule has 0 radical (unpaired) electrons. The van der Waals surface area contributed by atoms with Crippen molar-refractivity contribution in [2.45, 2.75) is 20.8 Å². The zero-order valence-electron chi connectivity index (χ0n) is 11.6. The standard InChI is InChI=1S/C12H11FN4S.C2H6/c1-8(14)10-5-11(9-3-2-4-15-6-9)16-7-12(10)17-18-13;1-2/h2-7,14,17H,1H3;1-2H3. The molecule has 0 spiro atoms. The Morgan fingerprint density at radius 3 is 2.65 bits per heavy atom. The molecule has 0 aromatic carbocycles. The van der Waals surface area contributed by atoms with Crippen LogP contribution in [-0.4, -0.2) is 15.7 Å². The molecule has 4 nitrogen and oxygen atoms in total. The summed E-state index contributed by atoms with van der Waals surface area (Å²) in [5.74, 6) is 0. The second kappa shape index (κ2) is 8.27. The number of rotatable bonds is 4. The Hall–Kier alpha value is -1.95. The predicted octanol–water partition coefficient (Wildman–Crippen LogP) is 4.50. The molecular formula is C14H17FN4S. The van der Waals surface area contributed by atoms with Crippen molar-refractivity contribution < 1.29 is 3.89 Å². The highest BCUT2D eigenvalue weighted by molar-refractivity contribution is 7.95. The van der Waals surface area contributed by atoms with Gasteiger partial charge in [-0.05, 0) is 25.1 Å². The largest absolute Gasteiger partial charge is 0.305 e. The van der Waals surface area contributed by atoms with Crippen LogP contribution in [-0.2, 0) is 0 Å². The van der Waals surface area contributed by atoms with Crippen molar-refractivity contribution in [3.05, 3.63) is 42.4 Å². The van der Waals surface area contributed by atoms with Crippen molar-refractivity contribution in [1.29, 1.82) is 5.41 Å². The third-order valence-corrected chi connectivity index (χ3v) is 2.71. The van der Waals surface area contributed by atoms with Crippen LogP contribution in [0.1, 0.15) is 26.3 Å². The molecule has 2 aromatic rings. The average molecular weight is 292 g/mol. The van der Waals surface area contributed by atoms with Crippen LogP contribution in [0.5, 0.6) is 0 Å². The first-order valence-electron chi connectivity index (χ1n) is 6.22. The normalized spacial score (nSPS) is 9.40. The lowest BCUT2D eigenvalue weighted by Crippen LogP contribution is -2.00. The van der Waals surface area contributed by atoms with E-state index in [-0.39, 0.29) is 12.3 Å². The Kier molecular flexibility index (Phi) is 6.66. The van der Waals surface area contributed by atoms with Crippen LogP contribution in [0.2, 0.25) is 0 Å². The highest BCUT2D eigenvalue weighted by Crippen LogP contribution is 2.24. The van der Waals surface area contributed by atoms with Gasteiger partial charge >= 0.3 is 0 Å². The Morgan fingerprint density at radius 2 is 2.10 bits per heavy atom. The summed E-state index contributed by atoms with van der Waals surface area (Å²) >= 11 is -0.0110. The molecule has 0 fully saturated rings. The van der Waals surface area contributed by atoms with Crippen LogP contribution in [0.15, 0.2) is 36.8 Å². The lowest BCUT2D eigenvalue weighted by molar-refractivity contribution is 0.942. The Bertz CT molecular complexity index is 560. The molecule has 106 valence electrons. The molecule has 2 heterocycles. The highest BCUT2D eigenvalue weighted by atomic mass is 32.2. The number of hydrogen-bond acceptors (Lipinski definition) is 5. The van der Waals surface area contributed by atoms with Crippen molar-refractivity contribution in [3.63, 3.8) is 0 Å². The molecule has 0 atom stereocenters. The van der Waals surface area contributed by atoms with Crippen LogP contribution in [0.4, 0.5) is 9.57 Å². The van der Waals surface area contributed by atoms with Gasteiger partial charge in [0.25, 0.3) is 0 Å². The maximum atomic E-state index is 12.2. The SMILES string of the molecule is CC.CC(=N)c1cc(-c2cccnc2)ncc1NSF. The molecule has 0 aliphatic carbocycles. The fourth-order valence-corrected chi connectivity index (χ4v) is 1.81. The predicted molar refractivity (Wildman–Crippen MR) is 83.6 cm³/mol. The van der Waals surface area contributed by atoms with E-state index in [0.717, 1.165) is 5.56 Å². The van der Waals surface area contributed by atoms with Gasteiger partial charge in [0.2, 0.25) is 0 Å². The van der Waals surface area contributed by atoms with E-state index < -0.39 is 0 Å². The van der Waals surface area contributed by atoms with E-state index in [4.69, 9.17) is 5.41 Å². The summed E-state index contributed by atoms with van der Waals surface area (Å²) in [5.41, 5.74) is 3.02. The third-order valence-electron chi connectivity index (χ3n) is 2.41. The first kappa shape index (κ1) is 16.1. The number of aromatic nitrogens is 2. The minimum absolute atomic E-state index is 0.0110.